The second-order valence-electron chi connectivity index (χ2n) is 3.91. The second kappa shape index (κ2) is 4.25. The summed E-state index contributed by atoms with van der Waals surface area (Å²) in [5.74, 6) is -0.0161. The number of rotatable bonds is 2. The van der Waals surface area contributed by atoms with E-state index in [1.54, 1.807) is 0 Å². The van der Waals surface area contributed by atoms with Gasteiger partial charge in [-0.05, 0) is 12.8 Å². The Balaban J connectivity index is 1.98. The van der Waals surface area contributed by atoms with Crippen LogP contribution in [0.25, 0.3) is 0 Å². The Morgan fingerprint density at radius 3 is 3.00 bits per heavy atom. The number of hydrogen-bond acceptors (Lipinski definition) is 4. The highest BCUT2D eigenvalue weighted by Crippen LogP contribution is 2.12. The first kappa shape index (κ1) is 11.1. The van der Waals surface area contributed by atoms with Gasteiger partial charge in [0.15, 0.2) is 9.84 Å². The fourth-order valence-electron chi connectivity index (χ4n) is 1.78. The average Bonchev–Trinajstić information content (AvgIpc) is 2.68. The lowest BCUT2D eigenvalue weighted by molar-refractivity contribution is 0.0938. The van der Waals surface area contributed by atoms with Gasteiger partial charge in [-0.3, -0.25) is 9.89 Å². The first-order valence-electron chi connectivity index (χ1n) is 5.07. The van der Waals surface area contributed by atoms with Gasteiger partial charge in [0.05, 0.1) is 23.3 Å². The molecule has 2 heterocycles. The van der Waals surface area contributed by atoms with E-state index < -0.39 is 9.84 Å². The van der Waals surface area contributed by atoms with Crippen LogP contribution in [0.2, 0.25) is 0 Å². The summed E-state index contributed by atoms with van der Waals surface area (Å²) in [5.41, 5.74) is 0.419. The summed E-state index contributed by atoms with van der Waals surface area (Å²) in [7, 11) is -2.98. The zero-order valence-electron chi connectivity index (χ0n) is 8.64. The van der Waals surface area contributed by atoms with Gasteiger partial charge >= 0.3 is 0 Å². The van der Waals surface area contributed by atoms with Gasteiger partial charge in [0.1, 0.15) is 0 Å². The first-order valence-corrected chi connectivity index (χ1v) is 6.89. The van der Waals surface area contributed by atoms with Gasteiger partial charge in [-0.2, -0.15) is 5.10 Å². The molecule has 16 heavy (non-hydrogen) atoms. The third-order valence-electron chi connectivity index (χ3n) is 2.56. The van der Waals surface area contributed by atoms with Crippen LogP contribution in [-0.4, -0.2) is 42.1 Å². The summed E-state index contributed by atoms with van der Waals surface area (Å²) < 4.78 is 22.7. The highest BCUT2D eigenvalue weighted by Gasteiger charge is 2.26. The molecule has 88 valence electrons. The van der Waals surface area contributed by atoms with Crippen LogP contribution < -0.4 is 5.32 Å². The SMILES string of the molecule is O=C(NC1CCCS(=O)(=O)C1)c1cn[nH]c1. The van der Waals surface area contributed by atoms with Crippen molar-refractivity contribution in [2.24, 2.45) is 0 Å². The summed E-state index contributed by atoms with van der Waals surface area (Å²) in [6.07, 6.45) is 4.21. The number of H-pyrrole nitrogens is 1. The van der Waals surface area contributed by atoms with Crippen molar-refractivity contribution in [3.05, 3.63) is 18.0 Å². The van der Waals surface area contributed by atoms with Gasteiger partial charge in [0.2, 0.25) is 0 Å². The Morgan fingerprint density at radius 2 is 2.38 bits per heavy atom. The van der Waals surface area contributed by atoms with Crippen LogP contribution in [0.4, 0.5) is 0 Å². The number of nitrogens with one attached hydrogen (secondary N) is 2. The number of sulfone groups is 1. The van der Waals surface area contributed by atoms with Crippen molar-refractivity contribution in [2.45, 2.75) is 18.9 Å². The molecule has 0 aliphatic carbocycles. The van der Waals surface area contributed by atoms with Gasteiger partial charge in [-0.1, -0.05) is 0 Å². The zero-order valence-corrected chi connectivity index (χ0v) is 9.46. The topological polar surface area (TPSA) is 91.9 Å². The lowest BCUT2D eigenvalue weighted by atomic mass is 10.2. The average molecular weight is 243 g/mol. The van der Waals surface area contributed by atoms with E-state index in [4.69, 9.17) is 0 Å². The van der Waals surface area contributed by atoms with Crippen molar-refractivity contribution in [1.29, 1.82) is 0 Å². The zero-order chi connectivity index (χ0) is 11.6. The summed E-state index contributed by atoms with van der Waals surface area (Å²) >= 11 is 0. The van der Waals surface area contributed by atoms with Crippen LogP contribution in [-0.2, 0) is 9.84 Å². The number of aromatic nitrogens is 2. The predicted octanol–water partition coefficient (Wildman–Crippen LogP) is -0.283. The standard InChI is InChI=1S/C9H13N3O3S/c13-9(7-4-10-11-5-7)12-8-2-1-3-16(14,15)6-8/h4-5,8H,1-3,6H2,(H,10,11)(H,12,13). The van der Waals surface area contributed by atoms with Gasteiger partial charge in [0.25, 0.3) is 5.91 Å². The molecule has 0 bridgehead atoms. The van der Waals surface area contributed by atoms with E-state index in [9.17, 15) is 13.2 Å². The molecule has 0 aromatic carbocycles. The van der Waals surface area contributed by atoms with E-state index in [0.29, 0.717) is 18.4 Å². The summed E-state index contributed by atoms with van der Waals surface area (Å²) in [6.45, 7) is 0. The van der Waals surface area contributed by atoms with Crippen LogP contribution in [0, 0.1) is 0 Å². The second-order valence-corrected chi connectivity index (χ2v) is 6.14. The molecular formula is C9H13N3O3S. The molecule has 1 aromatic heterocycles. The van der Waals surface area contributed by atoms with Crippen LogP contribution in [0.1, 0.15) is 23.2 Å². The van der Waals surface area contributed by atoms with E-state index >= 15 is 0 Å². The minimum atomic E-state index is -2.98. The molecule has 1 aliphatic heterocycles. The Kier molecular flexibility index (Phi) is 2.95. The molecule has 0 spiro atoms. The summed E-state index contributed by atoms with van der Waals surface area (Å²) in [6, 6.07) is -0.277. The Hall–Kier alpha value is -1.37. The molecule has 7 heteroatoms. The fraction of sp³-hybridized carbons (Fsp3) is 0.556. The molecule has 2 rings (SSSR count). The molecule has 1 atom stereocenters. The lowest BCUT2D eigenvalue weighted by Gasteiger charge is -2.22. The minimum Gasteiger partial charge on any atom is -0.348 e. The molecule has 1 saturated heterocycles. The van der Waals surface area contributed by atoms with Crippen molar-refractivity contribution >= 4 is 15.7 Å². The predicted molar refractivity (Wildman–Crippen MR) is 57.7 cm³/mol. The van der Waals surface area contributed by atoms with Crippen LogP contribution in [0.5, 0.6) is 0 Å². The molecule has 1 aliphatic rings. The van der Waals surface area contributed by atoms with Crippen molar-refractivity contribution in [3.63, 3.8) is 0 Å². The summed E-state index contributed by atoms with van der Waals surface area (Å²) in [4.78, 5) is 11.6. The van der Waals surface area contributed by atoms with Crippen molar-refractivity contribution in [3.8, 4) is 0 Å². The largest absolute Gasteiger partial charge is 0.348 e. The third kappa shape index (κ3) is 2.60. The Labute approximate surface area is 93.3 Å². The van der Waals surface area contributed by atoms with Gasteiger partial charge < -0.3 is 5.32 Å². The number of carbonyl (C=O) groups is 1. The maximum absolute atomic E-state index is 11.6. The van der Waals surface area contributed by atoms with Crippen LogP contribution in [0.15, 0.2) is 12.4 Å². The van der Waals surface area contributed by atoms with Crippen molar-refractivity contribution in [2.75, 3.05) is 11.5 Å². The normalized spacial score (nSPS) is 23.9. The number of hydrogen-bond donors (Lipinski definition) is 2. The highest BCUT2D eigenvalue weighted by molar-refractivity contribution is 7.91. The van der Waals surface area contributed by atoms with E-state index in [2.05, 4.69) is 15.5 Å². The number of carbonyl (C=O) groups excluding carboxylic acids is 1. The Morgan fingerprint density at radius 1 is 1.56 bits per heavy atom. The van der Waals surface area contributed by atoms with E-state index in [0.717, 1.165) is 0 Å². The Bertz CT molecular complexity index is 466. The van der Waals surface area contributed by atoms with E-state index in [-0.39, 0.29) is 23.5 Å². The minimum absolute atomic E-state index is 0.0383. The number of amides is 1. The molecule has 2 N–H and O–H groups in total. The van der Waals surface area contributed by atoms with Gasteiger partial charge in [-0.25, -0.2) is 8.42 Å². The van der Waals surface area contributed by atoms with Gasteiger partial charge in [0, 0.05) is 12.2 Å². The van der Waals surface area contributed by atoms with Gasteiger partial charge in [-0.15, -0.1) is 0 Å². The highest BCUT2D eigenvalue weighted by atomic mass is 32.2. The molecule has 0 saturated carbocycles. The molecule has 1 aromatic rings. The number of nitrogens with zero attached hydrogens (tertiary/aromatic N) is 1. The first-order chi connectivity index (χ1) is 7.57. The monoisotopic (exact) mass is 243 g/mol. The smallest absolute Gasteiger partial charge is 0.254 e. The number of aromatic amines is 1. The molecule has 6 nitrogen and oxygen atoms in total. The maximum atomic E-state index is 11.6. The summed E-state index contributed by atoms with van der Waals surface area (Å²) in [5, 5.41) is 8.89. The quantitative estimate of drug-likeness (QED) is 0.747. The molecule has 0 radical (unpaired) electrons. The fourth-order valence-corrected chi connectivity index (χ4v) is 3.42. The molecule has 1 fully saturated rings. The van der Waals surface area contributed by atoms with Crippen molar-refractivity contribution in [1.82, 2.24) is 15.5 Å². The van der Waals surface area contributed by atoms with Crippen LogP contribution >= 0.6 is 0 Å². The van der Waals surface area contributed by atoms with Crippen LogP contribution in [0.3, 0.4) is 0 Å². The third-order valence-corrected chi connectivity index (χ3v) is 4.38. The van der Waals surface area contributed by atoms with E-state index in [1.165, 1.54) is 12.4 Å². The lowest BCUT2D eigenvalue weighted by Crippen LogP contribution is -2.43. The van der Waals surface area contributed by atoms with E-state index in [1.807, 2.05) is 0 Å². The maximum Gasteiger partial charge on any atom is 0.254 e. The molecule has 1 unspecified atom stereocenters. The van der Waals surface area contributed by atoms with Crippen molar-refractivity contribution < 1.29 is 13.2 Å². The molecule has 1 amide bonds. The molecular weight excluding hydrogens is 230 g/mol.